The molecule has 0 aliphatic heterocycles. The van der Waals surface area contributed by atoms with Crippen molar-refractivity contribution in [2.24, 2.45) is 0 Å². The first-order valence-corrected chi connectivity index (χ1v) is 0. The summed E-state index contributed by atoms with van der Waals surface area (Å²) in [5.74, 6) is 0. The Morgan fingerprint density at radius 1 is 1.00 bits per heavy atom. The largest absolute Gasteiger partial charge is 0 e. The zero-order valence-corrected chi connectivity index (χ0v) is 14.6. The molecule has 0 saturated heterocycles. The van der Waals surface area contributed by atoms with Crippen LogP contribution in [0.1, 0.15) is 0 Å². The van der Waals surface area contributed by atoms with E-state index in [2.05, 4.69) is 0 Å². The van der Waals surface area contributed by atoms with Crippen molar-refractivity contribution < 1.29 is 103 Å². The molecule has 0 N–H and O–H groups in total. The molecule has 6 heavy (non-hydrogen) atoms. The van der Waals surface area contributed by atoms with Crippen molar-refractivity contribution in [3.05, 3.63) is 0 Å². The van der Waals surface area contributed by atoms with E-state index in [9.17, 15) is 0 Å². The van der Waals surface area contributed by atoms with Crippen molar-refractivity contribution in [3.63, 3.8) is 0 Å². The third-order valence-corrected chi connectivity index (χ3v) is 0. The van der Waals surface area contributed by atoms with Gasteiger partial charge in [0.25, 0.3) is 0 Å². The summed E-state index contributed by atoms with van der Waals surface area (Å²) < 4.78 is 0. The van der Waals surface area contributed by atoms with Crippen LogP contribution in [0, 0.1) is 0 Å². The molecule has 0 fully saturated rings. The van der Waals surface area contributed by atoms with E-state index in [1.54, 1.807) is 0 Å². The molecule has 0 bridgehead atoms. The van der Waals surface area contributed by atoms with E-state index in [-0.39, 0.29) is 127 Å². The molecule has 0 spiro atoms. The van der Waals surface area contributed by atoms with E-state index in [4.69, 9.17) is 0 Å². The van der Waals surface area contributed by atoms with Gasteiger partial charge in [0.1, 0.15) is 0 Å². The van der Waals surface area contributed by atoms with Gasteiger partial charge in [-0.1, -0.05) is 0 Å². The normalized spacial score (nSPS) is 0. The van der Waals surface area contributed by atoms with Gasteiger partial charge in [0.2, 0.25) is 0 Å². The Bertz CT molecular complexity index is 15.5. The summed E-state index contributed by atoms with van der Waals surface area (Å²) in [5, 5.41) is 0. The van der Waals surface area contributed by atoms with Crippen molar-refractivity contribution in [2.45, 2.75) is 0 Å². The van der Waals surface area contributed by atoms with E-state index in [0.717, 1.165) is 0 Å². The van der Waals surface area contributed by atoms with Crippen LogP contribution in [-0.4, -0.2) is 23.9 Å². The van der Waals surface area contributed by atoms with Crippen molar-refractivity contribution in [3.8, 4) is 0 Å². The van der Waals surface area contributed by atoms with Gasteiger partial charge in [0, 0.05) is 103 Å². The van der Waals surface area contributed by atoms with Crippen LogP contribution >= 0.6 is 0 Å². The van der Waals surface area contributed by atoms with E-state index in [1.165, 1.54) is 0 Å². The molecule has 30 valence electrons. The van der Waals surface area contributed by atoms with Gasteiger partial charge in [-0.3, -0.25) is 0 Å². The number of hydrogen-bond acceptors (Lipinski definition) is 0. The van der Waals surface area contributed by atoms with Crippen LogP contribution in [0.5, 0.6) is 0 Å². The fourth-order valence-electron chi connectivity index (χ4n) is 0. The molecule has 0 aromatic heterocycles. The predicted octanol–water partition coefficient (Wildman–Crippen LogP) is -1.46. The first-order valence-electron chi connectivity index (χ1n) is 0. The number of rotatable bonds is 0. The molecular weight excluding hydrogens is 648 g/mol. The van der Waals surface area contributed by atoms with Crippen LogP contribution in [0.2, 0.25) is 0 Å². The first-order chi connectivity index (χ1) is 0. The molecule has 0 aliphatic carbocycles. The predicted molar refractivity (Wildman–Crippen MR) is 11.3 cm³/mol. The molecule has 0 nitrogen and oxygen atoms in total. The molecule has 0 heterocycles. The maximum absolute atomic E-state index is 0. The molecule has 0 rings (SSSR count). The van der Waals surface area contributed by atoms with E-state index < -0.39 is 0 Å². The third-order valence-electron chi connectivity index (χ3n) is 0. The molecule has 6 heteroatoms. The zero-order valence-electron chi connectivity index (χ0n) is 2.51. The fraction of sp³-hybridized carbons (Fsp3) is 0. The average molecular weight is 652 g/mol. The quantitative estimate of drug-likeness (QED) is 0.281. The van der Waals surface area contributed by atoms with Gasteiger partial charge < -0.3 is 0 Å². The Hall–Kier alpha value is 4.15. The summed E-state index contributed by atoms with van der Waals surface area (Å²) in [5.41, 5.74) is 0. The summed E-state index contributed by atoms with van der Waals surface area (Å²) in [6.07, 6.45) is 0. The average Bonchev–Trinajstić information content (AvgIpc) is 0. The third kappa shape index (κ3) is 24.2. The second kappa shape index (κ2) is 35.3. The molecule has 2 radical (unpaired) electrons. The van der Waals surface area contributed by atoms with Gasteiger partial charge in [-0.25, -0.2) is 0 Å². The molecular formula is H4SnTaTiVWZn. The van der Waals surface area contributed by atoms with Crippen molar-refractivity contribution >= 4 is 23.9 Å². The van der Waals surface area contributed by atoms with Crippen LogP contribution < -0.4 is 0 Å². The summed E-state index contributed by atoms with van der Waals surface area (Å²) in [4.78, 5) is 0. The standard InChI is InChI=1S/Sn.Ta.Ti.V.W.Zn.4H. The SMILES string of the molecule is [SnH4].[Ta].[Ti].[V].[W].[Zn]. The van der Waals surface area contributed by atoms with Gasteiger partial charge in [0.15, 0.2) is 0 Å². The van der Waals surface area contributed by atoms with Gasteiger partial charge in [-0.05, 0) is 0 Å². The Labute approximate surface area is 124 Å². The number of hydrogen-bond donors (Lipinski definition) is 0. The second-order valence-corrected chi connectivity index (χ2v) is 0. The van der Waals surface area contributed by atoms with Crippen LogP contribution in [0.4, 0.5) is 0 Å². The smallest absolute Gasteiger partial charge is 0 e. The van der Waals surface area contributed by atoms with E-state index >= 15 is 0 Å². The zero-order chi connectivity index (χ0) is 0. The van der Waals surface area contributed by atoms with E-state index in [0.29, 0.717) is 0 Å². The second-order valence-electron chi connectivity index (χ2n) is 0. The van der Waals surface area contributed by atoms with Gasteiger partial charge in [0.05, 0.1) is 0 Å². The van der Waals surface area contributed by atoms with Crippen LogP contribution in [0.15, 0.2) is 0 Å². The van der Waals surface area contributed by atoms with E-state index in [1.807, 2.05) is 0 Å². The Kier molecular flexibility index (Phi) is 290. The maximum atomic E-state index is 0. The summed E-state index contributed by atoms with van der Waals surface area (Å²) in [6.45, 7) is 0. The molecule has 0 unspecified atom stereocenters. The minimum Gasteiger partial charge on any atom is 0 e. The van der Waals surface area contributed by atoms with Gasteiger partial charge >= 0.3 is 23.9 Å². The van der Waals surface area contributed by atoms with Gasteiger partial charge in [-0.15, -0.1) is 0 Å². The van der Waals surface area contributed by atoms with Crippen LogP contribution in [0.3, 0.4) is 0 Å². The van der Waals surface area contributed by atoms with Crippen molar-refractivity contribution in [2.75, 3.05) is 0 Å². The summed E-state index contributed by atoms with van der Waals surface area (Å²) in [6, 6.07) is 0. The molecule has 0 atom stereocenters. The van der Waals surface area contributed by atoms with Crippen molar-refractivity contribution in [1.82, 2.24) is 0 Å². The summed E-state index contributed by atoms with van der Waals surface area (Å²) in [7, 11) is 0. The Morgan fingerprint density at radius 2 is 1.00 bits per heavy atom. The molecule has 0 aliphatic rings. The van der Waals surface area contributed by atoms with Gasteiger partial charge in [-0.2, -0.15) is 0 Å². The molecule has 0 amide bonds. The maximum Gasteiger partial charge on any atom is 0 e. The van der Waals surface area contributed by atoms with Crippen LogP contribution in [0.25, 0.3) is 0 Å². The Morgan fingerprint density at radius 3 is 1.00 bits per heavy atom. The minimum absolute atomic E-state index is 0. The van der Waals surface area contributed by atoms with Crippen molar-refractivity contribution in [1.29, 1.82) is 0 Å². The monoisotopic (exact) mass is 652 g/mol. The topological polar surface area (TPSA) is 0 Å². The molecule has 0 aromatic rings. The fourth-order valence-corrected chi connectivity index (χ4v) is 0. The first kappa shape index (κ1) is 49.3. The van der Waals surface area contributed by atoms with Crippen LogP contribution in [-0.2, 0) is 103 Å². The molecule has 0 saturated carbocycles. The molecule has 0 aromatic carbocycles. The summed E-state index contributed by atoms with van der Waals surface area (Å²) >= 11 is 0. The minimum atomic E-state index is 0. The Balaban J connectivity index is 0.